The number of benzene rings is 1. The Morgan fingerprint density at radius 1 is 1.39 bits per heavy atom. The molecule has 2 rings (SSSR count). The van der Waals surface area contributed by atoms with Crippen molar-refractivity contribution in [1.29, 1.82) is 0 Å². The van der Waals surface area contributed by atoms with E-state index in [4.69, 9.17) is 0 Å². The summed E-state index contributed by atoms with van der Waals surface area (Å²) in [4.78, 5) is 1.31. The quantitative estimate of drug-likeness (QED) is 0.780. The second kappa shape index (κ2) is 7.34. The third-order valence-electron chi connectivity index (χ3n) is 2.72. The van der Waals surface area contributed by atoms with Crippen molar-refractivity contribution in [1.82, 2.24) is 5.32 Å². The average molecular weight is 342 g/mol. The van der Waals surface area contributed by atoms with E-state index in [9.17, 15) is 0 Å². The fourth-order valence-corrected chi connectivity index (χ4v) is 3.99. The fourth-order valence-electron chi connectivity index (χ4n) is 1.69. The number of nitrogens with one attached hydrogen (secondary N) is 1. The highest BCUT2D eigenvalue weighted by molar-refractivity contribution is 9.10. The summed E-state index contributed by atoms with van der Waals surface area (Å²) in [6.45, 7) is 0. The summed E-state index contributed by atoms with van der Waals surface area (Å²) in [6.07, 6.45) is 1.10. The number of thiophene rings is 1. The van der Waals surface area contributed by atoms with Crippen LogP contribution in [0.2, 0.25) is 0 Å². The minimum atomic E-state index is 0.517. The van der Waals surface area contributed by atoms with Gasteiger partial charge < -0.3 is 5.32 Å². The van der Waals surface area contributed by atoms with Crippen LogP contribution >= 0.6 is 39.0 Å². The molecule has 1 unspecified atom stereocenters. The molecule has 0 aliphatic rings. The van der Waals surface area contributed by atoms with Gasteiger partial charge in [0.1, 0.15) is 0 Å². The smallest absolute Gasteiger partial charge is 0.0199 e. The van der Waals surface area contributed by atoms with Gasteiger partial charge in [0.15, 0.2) is 0 Å². The normalized spacial score (nSPS) is 12.6. The van der Waals surface area contributed by atoms with Gasteiger partial charge in [0.25, 0.3) is 0 Å². The second-order valence-electron chi connectivity index (χ2n) is 4.09. The Balaban J connectivity index is 1.87. The number of likely N-dealkylation sites (N-methyl/N-ethyl adjacent to an activating group) is 1. The van der Waals surface area contributed by atoms with Crippen LogP contribution in [0, 0.1) is 0 Å². The number of hydrogen-bond donors (Lipinski definition) is 1. The molecule has 1 aromatic heterocycles. The fraction of sp³-hybridized carbons (Fsp3) is 0.286. The number of thioether (sulfide) groups is 1. The third kappa shape index (κ3) is 4.43. The second-order valence-corrected chi connectivity index (χ2v) is 6.88. The summed E-state index contributed by atoms with van der Waals surface area (Å²) in [5, 5.41) is 7.77. The van der Waals surface area contributed by atoms with E-state index in [0.29, 0.717) is 6.04 Å². The molecule has 96 valence electrons. The summed E-state index contributed by atoms with van der Waals surface area (Å²) in [5.41, 5.74) is 1.43. The van der Waals surface area contributed by atoms with Crippen LogP contribution in [0.1, 0.15) is 5.56 Å². The third-order valence-corrected chi connectivity index (χ3v) is 5.10. The van der Waals surface area contributed by atoms with E-state index < -0.39 is 0 Å². The maximum absolute atomic E-state index is 3.51. The molecule has 0 amide bonds. The van der Waals surface area contributed by atoms with Crippen molar-refractivity contribution in [2.75, 3.05) is 12.8 Å². The van der Waals surface area contributed by atoms with Crippen LogP contribution in [0.4, 0.5) is 0 Å². The van der Waals surface area contributed by atoms with Crippen LogP contribution in [-0.2, 0) is 6.42 Å². The molecule has 0 bridgehead atoms. The lowest BCUT2D eigenvalue weighted by Gasteiger charge is -2.15. The zero-order valence-electron chi connectivity index (χ0n) is 10.2. The lowest BCUT2D eigenvalue weighted by molar-refractivity contribution is 0.618. The van der Waals surface area contributed by atoms with Crippen molar-refractivity contribution >= 4 is 39.0 Å². The zero-order chi connectivity index (χ0) is 12.8. The van der Waals surface area contributed by atoms with E-state index >= 15 is 0 Å². The maximum atomic E-state index is 3.51. The highest BCUT2D eigenvalue weighted by atomic mass is 79.9. The van der Waals surface area contributed by atoms with Gasteiger partial charge in [0, 0.05) is 21.2 Å². The van der Waals surface area contributed by atoms with Crippen LogP contribution in [0.15, 0.2) is 50.5 Å². The lowest BCUT2D eigenvalue weighted by Crippen LogP contribution is -2.29. The molecule has 1 nitrogen and oxygen atoms in total. The zero-order valence-corrected chi connectivity index (χ0v) is 13.4. The van der Waals surface area contributed by atoms with Crippen molar-refractivity contribution in [2.24, 2.45) is 0 Å². The lowest BCUT2D eigenvalue weighted by atomic mass is 10.1. The van der Waals surface area contributed by atoms with E-state index in [1.165, 1.54) is 10.5 Å². The van der Waals surface area contributed by atoms with Crippen molar-refractivity contribution in [2.45, 2.75) is 17.4 Å². The first kappa shape index (κ1) is 14.1. The van der Waals surface area contributed by atoms with E-state index in [1.807, 2.05) is 18.8 Å². The summed E-state index contributed by atoms with van der Waals surface area (Å²) in [6, 6.07) is 11.2. The standard InChI is InChI=1S/C14H16BrNS2/c1-16-13(7-11-5-6-17-9-11)10-18-14-4-2-3-12(15)8-14/h2-6,8-9,13,16H,7,10H2,1H3. The molecule has 1 atom stereocenters. The molecular weight excluding hydrogens is 326 g/mol. The van der Waals surface area contributed by atoms with Gasteiger partial charge in [-0.25, -0.2) is 0 Å². The Morgan fingerprint density at radius 3 is 2.94 bits per heavy atom. The largest absolute Gasteiger partial charge is 0.316 e. The van der Waals surface area contributed by atoms with Gasteiger partial charge in [-0.15, -0.1) is 11.8 Å². The van der Waals surface area contributed by atoms with Gasteiger partial charge in [-0.1, -0.05) is 22.0 Å². The highest BCUT2D eigenvalue weighted by Gasteiger charge is 2.08. The van der Waals surface area contributed by atoms with Crippen LogP contribution in [-0.4, -0.2) is 18.8 Å². The first-order valence-electron chi connectivity index (χ1n) is 5.84. The minimum Gasteiger partial charge on any atom is -0.316 e. The molecule has 18 heavy (non-hydrogen) atoms. The summed E-state index contributed by atoms with van der Waals surface area (Å²) in [5.74, 6) is 1.09. The van der Waals surface area contributed by atoms with Gasteiger partial charge in [0.05, 0.1) is 0 Å². The van der Waals surface area contributed by atoms with Gasteiger partial charge in [0.2, 0.25) is 0 Å². The van der Waals surface area contributed by atoms with Crippen molar-refractivity contribution in [3.63, 3.8) is 0 Å². The predicted octanol–water partition coefficient (Wildman–Crippen LogP) is 4.43. The molecule has 0 aliphatic heterocycles. The van der Waals surface area contributed by atoms with Crippen molar-refractivity contribution in [3.05, 3.63) is 51.1 Å². The SMILES string of the molecule is CNC(CSc1cccc(Br)c1)Cc1ccsc1. The number of halogens is 1. The Hall–Kier alpha value is -0.290. The molecule has 1 heterocycles. The Morgan fingerprint density at radius 2 is 2.28 bits per heavy atom. The predicted molar refractivity (Wildman–Crippen MR) is 85.7 cm³/mol. The van der Waals surface area contributed by atoms with Crippen LogP contribution in [0.5, 0.6) is 0 Å². The monoisotopic (exact) mass is 341 g/mol. The van der Waals surface area contributed by atoms with Gasteiger partial charge in [-0.2, -0.15) is 11.3 Å². The highest BCUT2D eigenvalue weighted by Crippen LogP contribution is 2.23. The Labute approximate surface area is 125 Å². The molecule has 0 aliphatic carbocycles. The van der Waals surface area contributed by atoms with Crippen molar-refractivity contribution in [3.8, 4) is 0 Å². The Kier molecular flexibility index (Phi) is 5.76. The summed E-state index contributed by atoms with van der Waals surface area (Å²) in [7, 11) is 2.04. The van der Waals surface area contributed by atoms with Gasteiger partial charge in [-0.3, -0.25) is 0 Å². The van der Waals surface area contributed by atoms with Crippen molar-refractivity contribution < 1.29 is 0 Å². The molecule has 0 saturated heterocycles. The average Bonchev–Trinajstić information content (AvgIpc) is 2.87. The van der Waals surface area contributed by atoms with E-state index in [1.54, 1.807) is 11.3 Å². The molecule has 1 N–H and O–H groups in total. The van der Waals surface area contributed by atoms with E-state index in [0.717, 1.165) is 16.6 Å². The molecule has 0 saturated carbocycles. The minimum absolute atomic E-state index is 0.517. The summed E-state index contributed by atoms with van der Waals surface area (Å²) < 4.78 is 1.14. The van der Waals surface area contributed by atoms with Gasteiger partial charge >= 0.3 is 0 Å². The molecule has 0 spiro atoms. The maximum Gasteiger partial charge on any atom is 0.0199 e. The van der Waals surface area contributed by atoms with Crippen LogP contribution in [0.3, 0.4) is 0 Å². The molecule has 1 aromatic carbocycles. The molecule has 4 heteroatoms. The van der Waals surface area contributed by atoms with E-state index in [-0.39, 0.29) is 0 Å². The van der Waals surface area contributed by atoms with Crippen LogP contribution < -0.4 is 5.32 Å². The molecule has 2 aromatic rings. The topological polar surface area (TPSA) is 12.0 Å². The molecular formula is C14H16BrNS2. The molecule has 0 fully saturated rings. The molecule has 0 radical (unpaired) electrons. The first-order valence-corrected chi connectivity index (χ1v) is 8.57. The van der Waals surface area contributed by atoms with E-state index in [2.05, 4.69) is 62.3 Å². The summed E-state index contributed by atoms with van der Waals surface area (Å²) >= 11 is 7.17. The van der Waals surface area contributed by atoms with Gasteiger partial charge in [-0.05, 0) is 54.1 Å². The number of hydrogen-bond acceptors (Lipinski definition) is 3. The van der Waals surface area contributed by atoms with Crippen LogP contribution in [0.25, 0.3) is 0 Å². The Bertz CT molecular complexity index is 470. The number of rotatable bonds is 6. The first-order chi connectivity index (χ1) is 8.78.